The van der Waals surface area contributed by atoms with Gasteiger partial charge in [-0.2, -0.15) is 13.5 Å². The fourth-order valence-electron chi connectivity index (χ4n) is 2.88. The van der Waals surface area contributed by atoms with Crippen molar-refractivity contribution in [2.45, 2.75) is 24.9 Å². The highest BCUT2D eigenvalue weighted by Crippen LogP contribution is 2.38. The highest BCUT2D eigenvalue weighted by Gasteiger charge is 2.49. The molecule has 0 aromatic carbocycles. The summed E-state index contributed by atoms with van der Waals surface area (Å²) < 4.78 is 45.1. The summed E-state index contributed by atoms with van der Waals surface area (Å²) in [7, 11) is -4.78. The molecule has 13 heteroatoms. The average Bonchev–Trinajstić information content (AvgIpc) is 3.24. The zero-order valence-electron chi connectivity index (χ0n) is 12.0. The minimum Gasteiger partial charge on any atom is -0.417 e. The lowest BCUT2D eigenvalue weighted by Crippen LogP contribution is -2.35. The number of hydrogen-bond acceptors (Lipinski definition) is 9. The Kier molecular flexibility index (Phi) is 3.29. The number of hydroxylamine groups is 2. The van der Waals surface area contributed by atoms with Gasteiger partial charge in [-0.3, -0.25) is 4.55 Å². The maximum Gasteiger partial charge on any atom is 0.418 e. The van der Waals surface area contributed by atoms with E-state index in [1.807, 2.05) is 0 Å². The predicted molar refractivity (Wildman–Crippen MR) is 72.1 cm³/mol. The molecular weight excluding hydrogens is 346 g/mol. The maximum atomic E-state index is 12.3. The zero-order valence-corrected chi connectivity index (χ0v) is 12.8. The Bertz CT molecular complexity index is 863. The van der Waals surface area contributed by atoms with Crippen LogP contribution in [-0.4, -0.2) is 56.9 Å². The number of piperidine rings is 1. The Morgan fingerprint density at radius 1 is 1.33 bits per heavy atom. The third kappa shape index (κ3) is 2.51. The molecule has 4 heterocycles. The summed E-state index contributed by atoms with van der Waals surface area (Å²) in [4.78, 5) is 13.7. The van der Waals surface area contributed by atoms with Crippen LogP contribution >= 0.6 is 0 Å². The van der Waals surface area contributed by atoms with Crippen molar-refractivity contribution < 1.29 is 31.0 Å². The van der Waals surface area contributed by atoms with Crippen LogP contribution in [0.5, 0.6) is 0 Å². The Labute approximate surface area is 134 Å². The summed E-state index contributed by atoms with van der Waals surface area (Å²) >= 11 is 0. The van der Waals surface area contributed by atoms with Crippen LogP contribution in [0.3, 0.4) is 0 Å². The summed E-state index contributed by atoms with van der Waals surface area (Å²) in [6, 6.07) is -0.136. The molecule has 2 fully saturated rings. The number of aromatic nitrogens is 3. The van der Waals surface area contributed by atoms with Gasteiger partial charge in [0.15, 0.2) is 5.69 Å². The molecule has 0 unspecified atom stereocenters. The van der Waals surface area contributed by atoms with Crippen LogP contribution in [0, 0.1) is 0 Å². The van der Waals surface area contributed by atoms with Crippen LogP contribution in [0.1, 0.15) is 24.8 Å². The van der Waals surface area contributed by atoms with Crippen LogP contribution < -0.4 is 0 Å². The van der Waals surface area contributed by atoms with Gasteiger partial charge >= 0.3 is 16.4 Å². The average molecular weight is 357 g/mol. The van der Waals surface area contributed by atoms with Gasteiger partial charge in [-0.05, 0) is 12.8 Å². The van der Waals surface area contributed by atoms with Crippen LogP contribution in [-0.2, 0) is 14.7 Å². The lowest BCUT2D eigenvalue weighted by Gasteiger charge is -2.27. The first-order valence-electron chi connectivity index (χ1n) is 6.93. The lowest BCUT2D eigenvalue weighted by atomic mass is 10.0. The molecule has 0 saturated carbocycles. The molecule has 2 aromatic heterocycles. The summed E-state index contributed by atoms with van der Waals surface area (Å²) in [6.07, 6.45) is 2.28. The summed E-state index contributed by atoms with van der Waals surface area (Å²) in [6.45, 7) is 0.223. The van der Waals surface area contributed by atoms with E-state index in [4.69, 9.17) is 13.5 Å². The van der Waals surface area contributed by atoms with E-state index in [1.165, 1.54) is 11.2 Å². The molecule has 2 aliphatic heterocycles. The molecule has 2 atom stereocenters. The minimum atomic E-state index is -4.78. The van der Waals surface area contributed by atoms with Gasteiger partial charge in [0, 0.05) is 12.6 Å². The van der Waals surface area contributed by atoms with Gasteiger partial charge in [-0.25, -0.2) is 4.79 Å². The van der Waals surface area contributed by atoms with Crippen molar-refractivity contribution in [2.24, 2.45) is 0 Å². The monoisotopic (exact) mass is 357 g/mol. The summed E-state index contributed by atoms with van der Waals surface area (Å²) in [5, 5.41) is 12.1. The van der Waals surface area contributed by atoms with E-state index in [0.717, 1.165) is 0 Å². The van der Waals surface area contributed by atoms with Crippen LogP contribution in [0.25, 0.3) is 11.6 Å². The molecule has 1 N–H and O–H groups in total. The van der Waals surface area contributed by atoms with Gasteiger partial charge < -0.3 is 13.8 Å². The Morgan fingerprint density at radius 3 is 2.88 bits per heavy atom. The Hall–Kier alpha value is -2.51. The molecule has 4 rings (SSSR count). The molecular formula is C11H11N5O7S. The molecule has 128 valence electrons. The fourth-order valence-corrected chi connectivity index (χ4v) is 3.27. The SMILES string of the molecule is O=C1N2C[C@@H](CC[C@H]2c2nnc(-c3ccon3)o2)N1OS(=O)(=O)O. The molecule has 24 heavy (non-hydrogen) atoms. The topological polar surface area (TPSA) is 152 Å². The van der Waals surface area contributed by atoms with Gasteiger partial charge in [-0.1, -0.05) is 5.16 Å². The third-order valence-corrected chi connectivity index (χ3v) is 4.23. The first-order chi connectivity index (χ1) is 11.4. The van der Waals surface area contributed by atoms with E-state index in [9.17, 15) is 13.2 Å². The number of hydrogen-bond donors (Lipinski definition) is 1. The van der Waals surface area contributed by atoms with Crippen molar-refractivity contribution in [1.82, 2.24) is 25.3 Å². The number of rotatable bonds is 4. The van der Waals surface area contributed by atoms with Gasteiger partial charge in [0.2, 0.25) is 5.89 Å². The fraction of sp³-hybridized carbons (Fsp3) is 0.455. The normalized spacial score (nSPS) is 24.0. The largest absolute Gasteiger partial charge is 0.418 e. The number of carbonyl (C=O) groups is 1. The van der Waals surface area contributed by atoms with Crippen LogP contribution in [0.15, 0.2) is 21.3 Å². The van der Waals surface area contributed by atoms with Gasteiger partial charge in [0.1, 0.15) is 12.3 Å². The first kappa shape index (κ1) is 15.0. The molecule has 2 bridgehead atoms. The lowest BCUT2D eigenvalue weighted by molar-refractivity contribution is -0.0317. The minimum absolute atomic E-state index is 0.151. The molecule has 2 saturated heterocycles. The van der Waals surface area contributed by atoms with Crippen molar-refractivity contribution in [2.75, 3.05) is 6.54 Å². The highest BCUT2D eigenvalue weighted by atomic mass is 32.3. The van der Waals surface area contributed by atoms with E-state index < -0.39 is 28.5 Å². The van der Waals surface area contributed by atoms with Crippen molar-refractivity contribution in [3.63, 3.8) is 0 Å². The molecule has 0 aliphatic carbocycles. The quantitative estimate of drug-likeness (QED) is 0.761. The zero-order chi connectivity index (χ0) is 16.9. The number of fused-ring (bicyclic) bond motifs is 2. The number of amides is 2. The van der Waals surface area contributed by atoms with E-state index in [0.29, 0.717) is 23.6 Å². The molecule has 12 nitrogen and oxygen atoms in total. The maximum absolute atomic E-state index is 12.3. The summed E-state index contributed by atoms with van der Waals surface area (Å²) in [5.74, 6) is 0.354. The van der Waals surface area contributed by atoms with E-state index in [-0.39, 0.29) is 18.3 Å². The highest BCUT2D eigenvalue weighted by molar-refractivity contribution is 7.80. The second-order valence-corrected chi connectivity index (χ2v) is 6.34. The molecule has 2 aliphatic rings. The smallest absolute Gasteiger partial charge is 0.417 e. The number of carbonyl (C=O) groups excluding carboxylic acids is 1. The second kappa shape index (κ2) is 5.25. The van der Waals surface area contributed by atoms with E-state index in [1.54, 1.807) is 6.07 Å². The van der Waals surface area contributed by atoms with Crippen LogP contribution in [0.4, 0.5) is 4.79 Å². The van der Waals surface area contributed by atoms with Crippen molar-refractivity contribution >= 4 is 16.4 Å². The Morgan fingerprint density at radius 2 is 2.17 bits per heavy atom. The van der Waals surface area contributed by atoms with Gasteiger partial charge in [-0.15, -0.1) is 14.5 Å². The number of nitrogens with zero attached hydrogens (tertiary/aromatic N) is 5. The standard InChI is InChI=1S/C11H11N5O7S/c17-11-15-5-6(16(11)23-24(18,19)20)1-2-8(15)10-13-12-9(22-10)7-3-4-21-14-7/h3-4,6,8H,1-2,5H2,(H,18,19,20)/t6-,8+/m1/s1. The Balaban J connectivity index is 1.58. The van der Waals surface area contributed by atoms with Crippen molar-refractivity contribution in [3.05, 3.63) is 18.2 Å². The van der Waals surface area contributed by atoms with E-state index in [2.05, 4.69) is 19.6 Å². The van der Waals surface area contributed by atoms with Gasteiger partial charge in [0.05, 0.1) is 6.04 Å². The molecule has 0 spiro atoms. The summed E-state index contributed by atoms with van der Waals surface area (Å²) in [5.41, 5.74) is 0.367. The first-order valence-corrected chi connectivity index (χ1v) is 8.30. The molecule has 2 aromatic rings. The number of urea groups is 1. The van der Waals surface area contributed by atoms with Crippen molar-refractivity contribution in [3.8, 4) is 11.6 Å². The van der Waals surface area contributed by atoms with E-state index >= 15 is 0 Å². The van der Waals surface area contributed by atoms with Gasteiger partial charge in [0.25, 0.3) is 5.89 Å². The third-order valence-electron chi connectivity index (χ3n) is 3.88. The van der Waals surface area contributed by atoms with Crippen LogP contribution in [0.2, 0.25) is 0 Å². The molecule has 2 amide bonds. The van der Waals surface area contributed by atoms with Crippen molar-refractivity contribution in [1.29, 1.82) is 0 Å². The predicted octanol–water partition coefficient (Wildman–Crippen LogP) is 0.400. The second-order valence-electron chi connectivity index (χ2n) is 5.34. The molecule has 0 radical (unpaired) electrons.